The summed E-state index contributed by atoms with van der Waals surface area (Å²) in [5.74, 6) is 0.706. The first-order chi connectivity index (χ1) is 10.6. The lowest BCUT2D eigenvalue weighted by Crippen LogP contribution is -2.23. The smallest absolute Gasteiger partial charge is 0.165 e. The van der Waals surface area contributed by atoms with E-state index in [-0.39, 0.29) is 25.5 Å². The van der Waals surface area contributed by atoms with Crippen LogP contribution >= 0.6 is 0 Å². The number of hydrogen-bond donors (Lipinski definition) is 2. The predicted octanol–water partition coefficient (Wildman–Crippen LogP) is 1.37. The predicted molar refractivity (Wildman–Crippen MR) is 82.4 cm³/mol. The van der Waals surface area contributed by atoms with Gasteiger partial charge in [-0.15, -0.1) is 0 Å². The van der Waals surface area contributed by atoms with Crippen LogP contribution in [0.4, 0.5) is 0 Å². The fraction of sp³-hybridized carbons (Fsp3) is 0.667. The summed E-state index contributed by atoms with van der Waals surface area (Å²) < 4.78 is 7.72. The summed E-state index contributed by atoms with van der Waals surface area (Å²) in [6.07, 6.45) is 3.08. The Hall–Kier alpha value is -1.57. The standard InChI is InChI=1S/C15H24N4O3/c1-4-13-14-15(18-10(2)17-13)19(9-16-14)11(3)22-12(8-21)6-5-7-20/h9,11-12,20-21H,4-8H2,1-3H3. The van der Waals surface area contributed by atoms with Crippen molar-refractivity contribution in [1.29, 1.82) is 0 Å². The molecule has 0 aliphatic rings. The van der Waals surface area contributed by atoms with Gasteiger partial charge in [-0.25, -0.2) is 15.0 Å². The van der Waals surface area contributed by atoms with E-state index in [4.69, 9.17) is 9.84 Å². The van der Waals surface area contributed by atoms with Crippen LogP contribution in [0.15, 0.2) is 6.33 Å². The maximum Gasteiger partial charge on any atom is 0.165 e. The van der Waals surface area contributed by atoms with Crippen molar-refractivity contribution >= 4 is 11.2 Å². The van der Waals surface area contributed by atoms with Crippen LogP contribution in [0.3, 0.4) is 0 Å². The van der Waals surface area contributed by atoms with Gasteiger partial charge in [0.1, 0.15) is 17.6 Å². The monoisotopic (exact) mass is 308 g/mol. The van der Waals surface area contributed by atoms with Gasteiger partial charge in [0, 0.05) is 6.61 Å². The van der Waals surface area contributed by atoms with Gasteiger partial charge >= 0.3 is 0 Å². The molecule has 2 unspecified atom stereocenters. The zero-order chi connectivity index (χ0) is 16.1. The number of ether oxygens (including phenoxy) is 1. The molecule has 2 aromatic rings. The Morgan fingerprint density at radius 3 is 2.73 bits per heavy atom. The summed E-state index contributed by atoms with van der Waals surface area (Å²) in [7, 11) is 0. The van der Waals surface area contributed by atoms with Crippen molar-refractivity contribution in [3.05, 3.63) is 17.8 Å². The Balaban J connectivity index is 2.24. The van der Waals surface area contributed by atoms with Crippen molar-refractivity contribution in [2.75, 3.05) is 13.2 Å². The van der Waals surface area contributed by atoms with Crippen molar-refractivity contribution in [3.63, 3.8) is 0 Å². The summed E-state index contributed by atoms with van der Waals surface area (Å²) in [6, 6.07) is 0. The van der Waals surface area contributed by atoms with Crippen molar-refractivity contribution in [1.82, 2.24) is 19.5 Å². The molecule has 7 nitrogen and oxygen atoms in total. The van der Waals surface area contributed by atoms with Crippen molar-refractivity contribution in [2.45, 2.75) is 52.4 Å². The van der Waals surface area contributed by atoms with Crippen LogP contribution in [0.5, 0.6) is 0 Å². The number of aliphatic hydroxyl groups is 2. The minimum absolute atomic E-state index is 0.0782. The maximum absolute atomic E-state index is 9.38. The summed E-state index contributed by atoms with van der Waals surface area (Å²) in [5, 5.41) is 18.3. The van der Waals surface area contributed by atoms with Gasteiger partial charge in [0.2, 0.25) is 0 Å². The van der Waals surface area contributed by atoms with Crippen LogP contribution < -0.4 is 0 Å². The minimum atomic E-state index is -0.312. The molecule has 7 heteroatoms. The maximum atomic E-state index is 9.38. The topological polar surface area (TPSA) is 93.3 Å². The van der Waals surface area contributed by atoms with Crippen molar-refractivity contribution in [2.24, 2.45) is 0 Å². The fourth-order valence-corrected chi connectivity index (χ4v) is 2.47. The van der Waals surface area contributed by atoms with Gasteiger partial charge in [-0.3, -0.25) is 4.57 Å². The lowest BCUT2D eigenvalue weighted by atomic mass is 10.2. The van der Waals surface area contributed by atoms with Gasteiger partial charge in [0.25, 0.3) is 0 Å². The molecule has 0 spiro atoms. The number of aryl methyl sites for hydroxylation is 2. The highest BCUT2D eigenvalue weighted by molar-refractivity contribution is 5.73. The molecule has 122 valence electrons. The molecule has 2 aromatic heterocycles. The third-order valence-electron chi connectivity index (χ3n) is 3.61. The van der Waals surface area contributed by atoms with Crippen LogP contribution in [0.1, 0.15) is 44.4 Å². The lowest BCUT2D eigenvalue weighted by molar-refractivity contribution is -0.0686. The molecule has 0 fully saturated rings. The van der Waals surface area contributed by atoms with Crippen molar-refractivity contribution < 1.29 is 14.9 Å². The molecule has 0 bridgehead atoms. The average Bonchev–Trinajstić information content (AvgIpc) is 2.94. The summed E-state index contributed by atoms with van der Waals surface area (Å²) in [6.45, 7) is 5.81. The quantitative estimate of drug-likeness (QED) is 0.765. The van der Waals surface area contributed by atoms with E-state index in [2.05, 4.69) is 15.0 Å². The molecule has 0 aliphatic carbocycles. The van der Waals surface area contributed by atoms with Crippen LogP contribution in [-0.2, 0) is 11.2 Å². The van der Waals surface area contributed by atoms with E-state index in [9.17, 15) is 5.11 Å². The number of aromatic nitrogens is 4. The molecule has 0 saturated carbocycles. The number of nitrogens with zero attached hydrogens (tertiary/aromatic N) is 4. The van der Waals surface area contributed by atoms with E-state index in [1.54, 1.807) is 6.33 Å². The van der Waals surface area contributed by atoms with E-state index in [1.165, 1.54) is 0 Å². The van der Waals surface area contributed by atoms with Gasteiger partial charge in [-0.1, -0.05) is 6.92 Å². The number of hydrogen-bond acceptors (Lipinski definition) is 6. The Morgan fingerprint density at radius 2 is 2.09 bits per heavy atom. The zero-order valence-corrected chi connectivity index (χ0v) is 13.4. The number of imidazole rings is 1. The summed E-state index contributed by atoms with van der Waals surface area (Å²) in [5.41, 5.74) is 2.46. The van der Waals surface area contributed by atoms with E-state index in [0.717, 1.165) is 23.3 Å². The molecule has 22 heavy (non-hydrogen) atoms. The molecule has 2 heterocycles. The van der Waals surface area contributed by atoms with Crippen LogP contribution in [0.2, 0.25) is 0 Å². The molecule has 0 aliphatic heterocycles. The molecular formula is C15H24N4O3. The second kappa shape index (κ2) is 7.62. The Labute approximate surface area is 130 Å². The normalized spacial score (nSPS) is 14.4. The average molecular weight is 308 g/mol. The molecule has 0 saturated heterocycles. The molecule has 0 amide bonds. The van der Waals surface area contributed by atoms with E-state index >= 15 is 0 Å². The van der Waals surface area contributed by atoms with E-state index in [1.807, 2.05) is 25.3 Å². The molecule has 2 N–H and O–H groups in total. The first kappa shape index (κ1) is 16.8. The van der Waals surface area contributed by atoms with Gasteiger partial charge in [-0.2, -0.15) is 0 Å². The summed E-state index contributed by atoms with van der Waals surface area (Å²) in [4.78, 5) is 13.3. The highest BCUT2D eigenvalue weighted by atomic mass is 16.5. The molecular weight excluding hydrogens is 284 g/mol. The van der Waals surface area contributed by atoms with Crippen LogP contribution in [0.25, 0.3) is 11.2 Å². The Morgan fingerprint density at radius 1 is 1.32 bits per heavy atom. The van der Waals surface area contributed by atoms with Crippen molar-refractivity contribution in [3.8, 4) is 0 Å². The minimum Gasteiger partial charge on any atom is -0.396 e. The second-order valence-electron chi connectivity index (χ2n) is 5.30. The number of rotatable bonds is 8. The van der Waals surface area contributed by atoms with Crippen LogP contribution in [0, 0.1) is 6.92 Å². The third kappa shape index (κ3) is 3.60. The number of fused-ring (bicyclic) bond motifs is 1. The highest BCUT2D eigenvalue weighted by Gasteiger charge is 2.18. The first-order valence-electron chi connectivity index (χ1n) is 7.67. The van der Waals surface area contributed by atoms with Crippen LogP contribution in [-0.4, -0.2) is 49.0 Å². The lowest BCUT2D eigenvalue weighted by Gasteiger charge is -2.21. The first-order valence-corrected chi connectivity index (χ1v) is 7.67. The Kier molecular flexibility index (Phi) is 5.82. The molecule has 0 radical (unpaired) electrons. The fourth-order valence-electron chi connectivity index (χ4n) is 2.47. The van der Waals surface area contributed by atoms with Gasteiger partial charge in [0.15, 0.2) is 5.65 Å². The largest absolute Gasteiger partial charge is 0.396 e. The van der Waals surface area contributed by atoms with Gasteiger partial charge in [-0.05, 0) is 33.1 Å². The molecule has 2 rings (SSSR count). The molecule has 2 atom stereocenters. The van der Waals surface area contributed by atoms with E-state index in [0.29, 0.717) is 18.7 Å². The Bertz CT molecular complexity index is 614. The van der Waals surface area contributed by atoms with Gasteiger partial charge in [0.05, 0.1) is 24.7 Å². The second-order valence-corrected chi connectivity index (χ2v) is 5.30. The van der Waals surface area contributed by atoms with E-state index < -0.39 is 0 Å². The summed E-state index contributed by atoms with van der Waals surface area (Å²) >= 11 is 0. The zero-order valence-electron chi connectivity index (χ0n) is 13.4. The SMILES string of the molecule is CCc1nc(C)nc2c1ncn2C(C)OC(CO)CCCO. The molecule has 0 aromatic carbocycles. The third-order valence-corrected chi connectivity index (χ3v) is 3.61. The highest BCUT2D eigenvalue weighted by Crippen LogP contribution is 2.21. The number of aliphatic hydroxyl groups excluding tert-OH is 2. The van der Waals surface area contributed by atoms with Gasteiger partial charge < -0.3 is 14.9 Å².